The lowest BCUT2D eigenvalue weighted by atomic mass is 9.96. The average molecular weight is 159 g/mol. The predicted molar refractivity (Wildman–Crippen MR) is 43.9 cm³/mol. The highest BCUT2D eigenvalue weighted by molar-refractivity contribution is 4.95. The third-order valence-corrected chi connectivity index (χ3v) is 1.78. The van der Waals surface area contributed by atoms with E-state index in [9.17, 15) is 9.50 Å². The summed E-state index contributed by atoms with van der Waals surface area (Å²) >= 11 is 0. The molecule has 0 rings (SSSR count). The third kappa shape index (κ3) is 3.51. The molecule has 0 bridgehead atoms. The Morgan fingerprint density at radius 3 is 2.64 bits per heavy atom. The molecule has 0 aliphatic heterocycles. The summed E-state index contributed by atoms with van der Waals surface area (Å²) in [5, 5.41) is 9.26. The molecular formula is C9H16FO. The molecule has 1 radical (unpaired) electrons. The highest BCUT2D eigenvalue weighted by atomic mass is 19.1. The first-order valence-corrected chi connectivity index (χ1v) is 3.97. The zero-order valence-corrected chi connectivity index (χ0v) is 7.18. The molecule has 11 heavy (non-hydrogen) atoms. The normalized spacial score (nSPS) is 18.9. The third-order valence-electron chi connectivity index (χ3n) is 1.78. The molecule has 0 aliphatic carbocycles. The van der Waals surface area contributed by atoms with Gasteiger partial charge in [0.15, 0.2) is 0 Å². The number of unbranched alkanes of at least 4 members (excludes halogenated alkanes) is 1. The molecule has 2 heteroatoms. The fourth-order valence-electron chi connectivity index (χ4n) is 0.780. The molecule has 0 fully saturated rings. The second-order valence-corrected chi connectivity index (χ2v) is 3.00. The fourth-order valence-corrected chi connectivity index (χ4v) is 0.780. The maximum atomic E-state index is 13.0. The number of rotatable bonds is 5. The van der Waals surface area contributed by atoms with Crippen LogP contribution in [0, 0.1) is 6.58 Å². The minimum Gasteiger partial charge on any atom is -0.383 e. The summed E-state index contributed by atoms with van der Waals surface area (Å²) < 4.78 is 13.0. The monoisotopic (exact) mass is 159 g/mol. The quantitative estimate of drug-likeness (QED) is 0.652. The van der Waals surface area contributed by atoms with Crippen molar-refractivity contribution in [3.63, 3.8) is 0 Å². The topological polar surface area (TPSA) is 20.2 Å². The van der Waals surface area contributed by atoms with E-state index in [-0.39, 0.29) is 0 Å². The van der Waals surface area contributed by atoms with Crippen LogP contribution in [-0.2, 0) is 0 Å². The predicted octanol–water partition coefficient (Wildman–Crippen LogP) is 2.25. The molecular weight excluding hydrogens is 143 g/mol. The Kier molecular flexibility index (Phi) is 4.34. The van der Waals surface area contributed by atoms with Crippen molar-refractivity contribution in [3.05, 3.63) is 12.7 Å². The van der Waals surface area contributed by atoms with Crippen molar-refractivity contribution in [2.75, 3.05) is 0 Å². The van der Waals surface area contributed by atoms with E-state index in [1.54, 1.807) is 0 Å². The fraction of sp³-hybridized carbons (Fsp3) is 0.778. The number of alkyl halides is 1. The first-order chi connectivity index (χ1) is 5.04. The van der Waals surface area contributed by atoms with Crippen molar-refractivity contribution in [3.8, 4) is 0 Å². The van der Waals surface area contributed by atoms with Crippen LogP contribution in [0.4, 0.5) is 4.39 Å². The van der Waals surface area contributed by atoms with Crippen LogP contribution in [0.2, 0.25) is 0 Å². The molecule has 0 aromatic heterocycles. The Balaban J connectivity index is 3.80. The van der Waals surface area contributed by atoms with Crippen LogP contribution in [0.1, 0.15) is 33.1 Å². The zero-order valence-electron chi connectivity index (χ0n) is 7.18. The van der Waals surface area contributed by atoms with E-state index in [0.29, 0.717) is 6.42 Å². The van der Waals surface area contributed by atoms with Gasteiger partial charge in [-0.15, -0.1) is 0 Å². The number of aliphatic hydroxyl groups is 1. The molecule has 0 saturated carbocycles. The van der Waals surface area contributed by atoms with Gasteiger partial charge in [0, 0.05) is 0 Å². The van der Waals surface area contributed by atoms with Gasteiger partial charge in [0.1, 0.15) is 11.8 Å². The first kappa shape index (κ1) is 10.6. The van der Waals surface area contributed by atoms with Gasteiger partial charge in [-0.25, -0.2) is 4.39 Å². The summed E-state index contributed by atoms with van der Waals surface area (Å²) in [6.07, 6.45) is 1.85. The highest BCUT2D eigenvalue weighted by Crippen LogP contribution is 2.19. The molecule has 1 N–H and O–H groups in total. The van der Waals surface area contributed by atoms with Gasteiger partial charge in [-0.2, -0.15) is 0 Å². The summed E-state index contributed by atoms with van der Waals surface area (Å²) in [6, 6.07) is 0. The van der Waals surface area contributed by atoms with Crippen molar-refractivity contribution < 1.29 is 9.50 Å². The van der Waals surface area contributed by atoms with E-state index in [0.717, 1.165) is 18.9 Å². The molecule has 0 saturated heterocycles. The van der Waals surface area contributed by atoms with Crippen molar-refractivity contribution in [2.45, 2.75) is 44.9 Å². The maximum Gasteiger partial charge on any atom is 0.132 e. The minimum atomic E-state index is -1.46. The lowest BCUT2D eigenvalue weighted by molar-refractivity contribution is 0.0180. The molecule has 0 aromatic rings. The summed E-state index contributed by atoms with van der Waals surface area (Å²) in [5.41, 5.74) is -1.46. The highest BCUT2D eigenvalue weighted by Gasteiger charge is 2.27. The van der Waals surface area contributed by atoms with Crippen LogP contribution < -0.4 is 0 Å². The average Bonchev–Trinajstić information content (AvgIpc) is 2.00. The van der Waals surface area contributed by atoms with E-state index >= 15 is 0 Å². The summed E-state index contributed by atoms with van der Waals surface area (Å²) in [4.78, 5) is 0. The number of hydrogen-bond acceptors (Lipinski definition) is 1. The molecule has 1 nitrogen and oxygen atoms in total. The van der Waals surface area contributed by atoms with Crippen molar-refractivity contribution in [1.82, 2.24) is 0 Å². The van der Waals surface area contributed by atoms with Gasteiger partial charge in [-0.3, -0.25) is 0 Å². The van der Waals surface area contributed by atoms with E-state index in [1.807, 2.05) is 6.92 Å². The molecule has 0 heterocycles. The molecule has 0 aromatic carbocycles. The lowest BCUT2D eigenvalue weighted by Gasteiger charge is -2.22. The molecule has 65 valence electrons. The molecule has 0 amide bonds. The zero-order chi connectivity index (χ0) is 8.91. The SMILES string of the molecule is [CH]=CC(C)(O)C(F)CCCC. The van der Waals surface area contributed by atoms with Gasteiger partial charge < -0.3 is 5.11 Å². The first-order valence-electron chi connectivity index (χ1n) is 3.97. The second kappa shape index (κ2) is 4.50. The van der Waals surface area contributed by atoms with Crippen LogP contribution in [0.25, 0.3) is 0 Å². The number of hydrogen-bond donors (Lipinski definition) is 1. The largest absolute Gasteiger partial charge is 0.383 e. The Hall–Kier alpha value is -0.370. The van der Waals surface area contributed by atoms with E-state index in [4.69, 9.17) is 6.58 Å². The Morgan fingerprint density at radius 2 is 2.27 bits per heavy atom. The van der Waals surface area contributed by atoms with Crippen LogP contribution in [0.3, 0.4) is 0 Å². The maximum absolute atomic E-state index is 13.0. The van der Waals surface area contributed by atoms with Crippen molar-refractivity contribution in [2.24, 2.45) is 0 Å². The van der Waals surface area contributed by atoms with Crippen LogP contribution in [0.5, 0.6) is 0 Å². The Labute approximate surface area is 67.9 Å². The summed E-state index contributed by atoms with van der Waals surface area (Å²) in [5.74, 6) is 0. The van der Waals surface area contributed by atoms with E-state index < -0.39 is 11.8 Å². The molecule has 0 aliphatic rings. The number of halogens is 1. The molecule has 0 spiro atoms. The molecule has 2 unspecified atom stereocenters. The van der Waals surface area contributed by atoms with Crippen LogP contribution >= 0.6 is 0 Å². The smallest absolute Gasteiger partial charge is 0.132 e. The van der Waals surface area contributed by atoms with Crippen molar-refractivity contribution in [1.29, 1.82) is 0 Å². The van der Waals surface area contributed by atoms with Gasteiger partial charge in [0.25, 0.3) is 0 Å². The Morgan fingerprint density at radius 1 is 1.73 bits per heavy atom. The standard InChI is InChI=1S/C9H16FO/c1-4-6-7-8(10)9(3,11)5-2/h2,5,8,11H,4,6-7H2,1,3H3. The second-order valence-electron chi connectivity index (χ2n) is 3.00. The summed E-state index contributed by atoms with van der Waals surface area (Å²) in [7, 11) is 0. The van der Waals surface area contributed by atoms with Gasteiger partial charge in [-0.05, 0) is 13.3 Å². The van der Waals surface area contributed by atoms with E-state index in [1.165, 1.54) is 6.92 Å². The van der Waals surface area contributed by atoms with Gasteiger partial charge in [0.05, 0.1) is 0 Å². The molecule has 2 atom stereocenters. The van der Waals surface area contributed by atoms with Crippen LogP contribution in [-0.4, -0.2) is 16.9 Å². The van der Waals surface area contributed by atoms with Crippen molar-refractivity contribution >= 4 is 0 Å². The minimum absolute atomic E-state index is 0.372. The van der Waals surface area contributed by atoms with Crippen LogP contribution in [0.15, 0.2) is 6.08 Å². The van der Waals surface area contributed by atoms with Gasteiger partial charge in [0.2, 0.25) is 0 Å². The van der Waals surface area contributed by atoms with Gasteiger partial charge >= 0.3 is 0 Å². The Bertz CT molecular complexity index is 121. The van der Waals surface area contributed by atoms with Gasteiger partial charge in [-0.1, -0.05) is 32.4 Å². The summed E-state index contributed by atoms with van der Waals surface area (Å²) in [6.45, 7) is 8.43. The van der Waals surface area contributed by atoms with E-state index in [2.05, 4.69) is 0 Å². The lowest BCUT2D eigenvalue weighted by Crippen LogP contribution is -2.33.